The number of hydrogen-bond acceptors (Lipinski definition) is 2. The van der Waals surface area contributed by atoms with Gasteiger partial charge in [0.15, 0.2) is 0 Å². The second-order valence-electron chi connectivity index (χ2n) is 4.28. The lowest BCUT2D eigenvalue weighted by atomic mass is 10.2. The third kappa shape index (κ3) is 5.02. The Balaban J connectivity index is 1.67. The molecule has 0 spiro atoms. The van der Waals surface area contributed by atoms with Gasteiger partial charge in [-0.3, -0.25) is 4.79 Å². The molecular weight excluding hydrogens is 334 g/mol. The summed E-state index contributed by atoms with van der Waals surface area (Å²) in [5.41, 5.74) is 0.690. The van der Waals surface area contributed by atoms with E-state index in [1.807, 2.05) is 54.2 Å². The van der Waals surface area contributed by atoms with Gasteiger partial charge in [0.1, 0.15) is 0 Å². The topological polar surface area (TPSA) is 29.1 Å². The maximum atomic E-state index is 11.9. The average molecular weight is 350 g/mol. The first-order chi connectivity index (χ1) is 9.75. The third-order valence-electron chi connectivity index (χ3n) is 2.71. The Kier molecular flexibility index (Phi) is 6.15. The molecule has 1 N–H and O–H groups in total. The van der Waals surface area contributed by atoms with E-state index in [1.165, 1.54) is 4.90 Å². The minimum atomic E-state index is -0.0176. The Hall–Kier alpha value is -1.26. The van der Waals surface area contributed by atoms with E-state index in [0.717, 1.165) is 16.6 Å². The second-order valence-corrected chi connectivity index (χ2v) is 6.37. The highest BCUT2D eigenvalue weighted by Gasteiger charge is 2.04. The Morgan fingerprint density at radius 3 is 2.65 bits per heavy atom. The lowest BCUT2D eigenvalue weighted by Crippen LogP contribution is -2.24. The predicted molar refractivity (Wildman–Crippen MR) is 88.3 cm³/mol. The molecule has 0 aliphatic heterocycles. The van der Waals surface area contributed by atoms with E-state index < -0.39 is 0 Å². The van der Waals surface area contributed by atoms with Crippen LogP contribution in [0.2, 0.25) is 0 Å². The van der Waals surface area contributed by atoms with Crippen LogP contribution in [-0.4, -0.2) is 18.2 Å². The number of carbonyl (C=O) groups is 1. The molecule has 0 atom stereocenters. The van der Waals surface area contributed by atoms with Gasteiger partial charge >= 0.3 is 0 Å². The van der Waals surface area contributed by atoms with Crippen LogP contribution in [0.4, 0.5) is 0 Å². The molecule has 0 radical (unpaired) electrons. The molecule has 0 heterocycles. The predicted octanol–water partition coefficient (Wildman–Crippen LogP) is 4.36. The normalized spacial score (nSPS) is 10.2. The number of amides is 1. The molecule has 0 aliphatic rings. The molecule has 0 unspecified atom stereocenters. The van der Waals surface area contributed by atoms with Gasteiger partial charge in [-0.2, -0.15) is 0 Å². The van der Waals surface area contributed by atoms with Gasteiger partial charge in [-0.1, -0.05) is 40.2 Å². The van der Waals surface area contributed by atoms with E-state index in [9.17, 15) is 4.79 Å². The first-order valence-electron chi connectivity index (χ1n) is 6.47. The molecule has 0 saturated heterocycles. The molecule has 104 valence electrons. The fourth-order valence-electron chi connectivity index (χ4n) is 1.71. The molecule has 2 nitrogen and oxygen atoms in total. The first-order valence-corrected chi connectivity index (χ1v) is 8.25. The van der Waals surface area contributed by atoms with Crippen molar-refractivity contribution in [3.63, 3.8) is 0 Å². The molecule has 2 rings (SSSR count). The second kappa shape index (κ2) is 8.12. The maximum absolute atomic E-state index is 11.9. The highest BCUT2D eigenvalue weighted by Crippen LogP contribution is 2.17. The van der Waals surface area contributed by atoms with Crippen molar-refractivity contribution < 1.29 is 4.79 Å². The van der Waals surface area contributed by atoms with Crippen LogP contribution in [-0.2, 0) is 0 Å². The van der Waals surface area contributed by atoms with Gasteiger partial charge in [-0.05, 0) is 42.5 Å². The monoisotopic (exact) mass is 349 g/mol. The van der Waals surface area contributed by atoms with E-state index in [1.54, 1.807) is 0 Å². The minimum absolute atomic E-state index is 0.0176. The third-order valence-corrected chi connectivity index (χ3v) is 4.30. The van der Waals surface area contributed by atoms with E-state index in [2.05, 4.69) is 33.4 Å². The van der Waals surface area contributed by atoms with Crippen LogP contribution >= 0.6 is 27.7 Å². The van der Waals surface area contributed by atoms with Crippen molar-refractivity contribution in [3.05, 3.63) is 64.6 Å². The summed E-state index contributed by atoms with van der Waals surface area (Å²) < 4.78 is 0.921. The molecule has 2 aromatic carbocycles. The number of rotatable bonds is 6. The molecule has 4 heteroatoms. The van der Waals surface area contributed by atoms with Crippen molar-refractivity contribution in [2.24, 2.45) is 0 Å². The smallest absolute Gasteiger partial charge is 0.251 e. The van der Waals surface area contributed by atoms with Gasteiger partial charge in [0.05, 0.1) is 0 Å². The summed E-state index contributed by atoms with van der Waals surface area (Å²) in [6, 6.07) is 17.7. The van der Waals surface area contributed by atoms with Gasteiger partial charge in [0, 0.05) is 21.5 Å². The Bertz CT molecular complexity index is 559. The fourth-order valence-corrected chi connectivity index (χ4v) is 2.99. The zero-order valence-electron chi connectivity index (χ0n) is 11.0. The standard InChI is InChI=1S/C16H16BrNOS/c17-14-7-4-6-13(12-14)16(19)18-10-5-11-20-15-8-2-1-3-9-15/h1-4,6-9,12H,5,10-11H2,(H,18,19). The summed E-state index contributed by atoms with van der Waals surface area (Å²) in [6.07, 6.45) is 0.958. The van der Waals surface area contributed by atoms with Crippen LogP contribution in [0.3, 0.4) is 0 Å². The number of hydrogen-bond donors (Lipinski definition) is 1. The zero-order chi connectivity index (χ0) is 14.2. The van der Waals surface area contributed by atoms with Crippen LogP contribution in [0.25, 0.3) is 0 Å². The van der Waals surface area contributed by atoms with Crippen molar-refractivity contribution in [2.45, 2.75) is 11.3 Å². The number of carbonyl (C=O) groups excluding carboxylic acids is 1. The molecule has 0 saturated carbocycles. The van der Waals surface area contributed by atoms with E-state index in [-0.39, 0.29) is 5.91 Å². The van der Waals surface area contributed by atoms with Crippen LogP contribution in [0.15, 0.2) is 64.0 Å². The fraction of sp³-hybridized carbons (Fsp3) is 0.188. The van der Waals surface area contributed by atoms with E-state index in [4.69, 9.17) is 0 Å². The molecule has 2 aromatic rings. The Morgan fingerprint density at radius 2 is 1.90 bits per heavy atom. The largest absolute Gasteiger partial charge is 0.352 e. The van der Waals surface area contributed by atoms with E-state index in [0.29, 0.717) is 12.1 Å². The number of benzene rings is 2. The molecular formula is C16H16BrNOS. The average Bonchev–Trinajstić information content (AvgIpc) is 2.48. The van der Waals surface area contributed by atoms with Crippen LogP contribution in [0, 0.1) is 0 Å². The molecule has 20 heavy (non-hydrogen) atoms. The lowest BCUT2D eigenvalue weighted by molar-refractivity contribution is 0.0953. The van der Waals surface area contributed by atoms with Crippen molar-refractivity contribution in [2.75, 3.05) is 12.3 Å². The quantitative estimate of drug-likeness (QED) is 0.620. The van der Waals surface area contributed by atoms with Gasteiger partial charge in [-0.15, -0.1) is 11.8 Å². The van der Waals surface area contributed by atoms with Crippen molar-refractivity contribution >= 4 is 33.6 Å². The minimum Gasteiger partial charge on any atom is -0.352 e. The van der Waals surface area contributed by atoms with Gasteiger partial charge in [-0.25, -0.2) is 0 Å². The summed E-state index contributed by atoms with van der Waals surface area (Å²) in [7, 11) is 0. The van der Waals surface area contributed by atoms with Gasteiger partial charge in [0.2, 0.25) is 0 Å². The number of nitrogens with one attached hydrogen (secondary N) is 1. The molecule has 1 amide bonds. The van der Waals surface area contributed by atoms with E-state index >= 15 is 0 Å². The molecule has 0 fully saturated rings. The maximum Gasteiger partial charge on any atom is 0.251 e. The van der Waals surface area contributed by atoms with Crippen LogP contribution < -0.4 is 5.32 Å². The summed E-state index contributed by atoms with van der Waals surface area (Å²) in [6.45, 7) is 0.700. The van der Waals surface area contributed by atoms with Crippen molar-refractivity contribution in [1.82, 2.24) is 5.32 Å². The highest BCUT2D eigenvalue weighted by molar-refractivity contribution is 9.10. The van der Waals surface area contributed by atoms with Crippen LogP contribution in [0.5, 0.6) is 0 Å². The van der Waals surface area contributed by atoms with Crippen LogP contribution in [0.1, 0.15) is 16.8 Å². The molecule has 0 aliphatic carbocycles. The number of thioether (sulfide) groups is 1. The zero-order valence-corrected chi connectivity index (χ0v) is 13.4. The summed E-state index contributed by atoms with van der Waals surface area (Å²) in [5, 5.41) is 2.94. The van der Waals surface area contributed by atoms with Crippen molar-refractivity contribution in [3.8, 4) is 0 Å². The summed E-state index contributed by atoms with van der Waals surface area (Å²) in [5.74, 6) is 0.985. The Labute approximate surface area is 132 Å². The summed E-state index contributed by atoms with van der Waals surface area (Å²) in [4.78, 5) is 13.2. The highest BCUT2D eigenvalue weighted by atomic mass is 79.9. The lowest BCUT2D eigenvalue weighted by Gasteiger charge is -2.05. The molecule has 0 aromatic heterocycles. The number of halogens is 1. The summed E-state index contributed by atoms with van der Waals surface area (Å²) >= 11 is 5.18. The van der Waals surface area contributed by atoms with Gasteiger partial charge in [0.25, 0.3) is 5.91 Å². The van der Waals surface area contributed by atoms with Gasteiger partial charge < -0.3 is 5.32 Å². The molecule has 0 bridgehead atoms. The first kappa shape index (κ1) is 15.1. The SMILES string of the molecule is O=C(NCCCSc1ccccc1)c1cccc(Br)c1. The Morgan fingerprint density at radius 1 is 1.10 bits per heavy atom. The van der Waals surface area contributed by atoms with Crippen molar-refractivity contribution in [1.29, 1.82) is 0 Å².